The number of aliphatic hydroxyl groups excluding tert-OH is 1. The highest BCUT2D eigenvalue weighted by atomic mass is 31.2. The Morgan fingerprint density at radius 3 is 2.53 bits per heavy atom. The normalized spacial score (nSPS) is 22.2. The van der Waals surface area contributed by atoms with Gasteiger partial charge >= 0.3 is 7.82 Å². The standard InChI is InChI=1S/C8H16NO5P/c1-8(10)7-13-15(11,12)14-9-5-3-2-4-6-9/h10H,1-7H2,(H,11,12). The molecule has 88 valence electrons. The van der Waals surface area contributed by atoms with Crippen LogP contribution in [0.5, 0.6) is 0 Å². The van der Waals surface area contributed by atoms with Crippen molar-refractivity contribution in [1.82, 2.24) is 5.06 Å². The fourth-order valence-electron chi connectivity index (χ4n) is 1.27. The Bertz CT molecular complexity index is 264. The number of rotatable bonds is 5. The molecule has 0 bridgehead atoms. The first-order chi connectivity index (χ1) is 6.99. The van der Waals surface area contributed by atoms with E-state index in [1.807, 2.05) is 0 Å². The van der Waals surface area contributed by atoms with E-state index in [9.17, 15) is 9.46 Å². The zero-order valence-corrected chi connectivity index (χ0v) is 9.36. The molecule has 1 heterocycles. The average Bonchev–Trinajstić information content (AvgIpc) is 2.16. The van der Waals surface area contributed by atoms with Crippen molar-refractivity contribution in [2.75, 3.05) is 19.7 Å². The third kappa shape index (κ3) is 5.30. The zero-order valence-electron chi connectivity index (χ0n) is 8.46. The molecule has 0 saturated carbocycles. The molecule has 0 aromatic heterocycles. The molecule has 1 aliphatic rings. The van der Waals surface area contributed by atoms with Crippen molar-refractivity contribution in [3.8, 4) is 0 Å². The number of hydrogen-bond acceptors (Lipinski definition) is 5. The molecular weight excluding hydrogens is 221 g/mol. The van der Waals surface area contributed by atoms with Gasteiger partial charge in [-0.2, -0.15) is 9.69 Å². The molecule has 1 fully saturated rings. The van der Waals surface area contributed by atoms with Crippen LogP contribution in [0.25, 0.3) is 0 Å². The minimum Gasteiger partial charge on any atom is -0.510 e. The molecule has 1 saturated heterocycles. The zero-order chi connectivity index (χ0) is 11.3. The number of piperidine rings is 1. The van der Waals surface area contributed by atoms with Crippen molar-refractivity contribution < 1.29 is 23.7 Å². The number of phosphoric ester groups is 1. The number of nitrogens with zero attached hydrogens (tertiary/aromatic N) is 1. The summed E-state index contributed by atoms with van der Waals surface area (Å²) in [4.78, 5) is 9.23. The van der Waals surface area contributed by atoms with Crippen LogP contribution in [0.3, 0.4) is 0 Å². The number of phosphoric acid groups is 1. The summed E-state index contributed by atoms with van der Waals surface area (Å²) in [6, 6.07) is 0. The monoisotopic (exact) mass is 237 g/mol. The largest absolute Gasteiger partial charge is 0.510 e. The van der Waals surface area contributed by atoms with Gasteiger partial charge in [0.25, 0.3) is 0 Å². The van der Waals surface area contributed by atoms with Crippen LogP contribution in [0.15, 0.2) is 12.3 Å². The van der Waals surface area contributed by atoms with Gasteiger partial charge < -0.3 is 10.00 Å². The van der Waals surface area contributed by atoms with E-state index in [-0.39, 0.29) is 5.76 Å². The second kappa shape index (κ2) is 5.63. The Morgan fingerprint density at radius 1 is 1.40 bits per heavy atom. The van der Waals surface area contributed by atoms with E-state index in [2.05, 4.69) is 11.1 Å². The molecule has 7 heteroatoms. The average molecular weight is 237 g/mol. The third-order valence-corrected chi connectivity index (χ3v) is 2.82. The number of hydroxylamine groups is 2. The minimum absolute atomic E-state index is 0.313. The van der Waals surface area contributed by atoms with Crippen LogP contribution in [0.1, 0.15) is 19.3 Å². The van der Waals surface area contributed by atoms with Gasteiger partial charge in [0, 0.05) is 13.1 Å². The predicted octanol–water partition coefficient (Wildman–Crippen LogP) is 1.59. The topological polar surface area (TPSA) is 79.2 Å². The van der Waals surface area contributed by atoms with Gasteiger partial charge in [0.15, 0.2) is 0 Å². The fraction of sp³-hybridized carbons (Fsp3) is 0.750. The SMILES string of the molecule is C=C(O)COP(=O)(O)ON1CCCCC1. The van der Waals surface area contributed by atoms with Crippen molar-refractivity contribution in [2.45, 2.75) is 19.3 Å². The minimum atomic E-state index is -4.11. The van der Waals surface area contributed by atoms with Crippen LogP contribution >= 0.6 is 7.82 Å². The van der Waals surface area contributed by atoms with Crippen molar-refractivity contribution in [1.29, 1.82) is 0 Å². The van der Waals surface area contributed by atoms with Crippen LogP contribution < -0.4 is 0 Å². The third-order valence-electron chi connectivity index (χ3n) is 1.93. The van der Waals surface area contributed by atoms with Crippen LogP contribution in [0.4, 0.5) is 0 Å². The van der Waals surface area contributed by atoms with E-state index in [0.29, 0.717) is 13.1 Å². The van der Waals surface area contributed by atoms with Gasteiger partial charge in [-0.15, -0.1) is 0 Å². The first-order valence-corrected chi connectivity index (χ1v) is 6.28. The molecule has 0 aromatic carbocycles. The lowest BCUT2D eigenvalue weighted by molar-refractivity contribution is -0.0975. The molecule has 2 N–H and O–H groups in total. The molecule has 0 spiro atoms. The van der Waals surface area contributed by atoms with Gasteiger partial charge in [-0.1, -0.05) is 13.0 Å². The maximum absolute atomic E-state index is 11.3. The van der Waals surface area contributed by atoms with E-state index in [4.69, 9.17) is 9.73 Å². The highest BCUT2D eigenvalue weighted by molar-refractivity contribution is 7.47. The molecule has 15 heavy (non-hydrogen) atoms. The summed E-state index contributed by atoms with van der Waals surface area (Å²) in [6.45, 7) is 3.97. The molecule has 6 nitrogen and oxygen atoms in total. The molecule has 0 aliphatic carbocycles. The highest BCUT2D eigenvalue weighted by Crippen LogP contribution is 2.44. The van der Waals surface area contributed by atoms with Gasteiger partial charge in [-0.3, -0.25) is 4.52 Å². The molecular formula is C8H16NO5P. The second-order valence-corrected chi connectivity index (χ2v) is 4.74. The van der Waals surface area contributed by atoms with Gasteiger partial charge in [-0.25, -0.2) is 4.57 Å². The molecule has 0 aromatic rings. The molecule has 0 amide bonds. The maximum Gasteiger partial charge on any atom is 0.489 e. The van der Waals surface area contributed by atoms with Gasteiger partial charge in [0.05, 0.1) is 0 Å². The van der Waals surface area contributed by atoms with Crippen LogP contribution in [0.2, 0.25) is 0 Å². The summed E-state index contributed by atoms with van der Waals surface area (Å²) in [5.41, 5.74) is 0. The quantitative estimate of drug-likeness (QED) is 0.558. The number of aliphatic hydroxyl groups is 1. The lowest BCUT2D eigenvalue weighted by Crippen LogP contribution is -2.29. The van der Waals surface area contributed by atoms with Gasteiger partial charge in [0.1, 0.15) is 12.4 Å². The number of hydrogen-bond donors (Lipinski definition) is 2. The Morgan fingerprint density at radius 2 is 2.00 bits per heavy atom. The van der Waals surface area contributed by atoms with E-state index in [1.165, 1.54) is 5.06 Å². The smallest absolute Gasteiger partial charge is 0.489 e. The Balaban J connectivity index is 2.33. The maximum atomic E-state index is 11.3. The summed E-state index contributed by atoms with van der Waals surface area (Å²) < 4.78 is 20.6. The summed E-state index contributed by atoms with van der Waals surface area (Å²) in [7, 11) is -4.11. The summed E-state index contributed by atoms with van der Waals surface area (Å²) in [5, 5.41) is 10.1. The summed E-state index contributed by atoms with van der Waals surface area (Å²) in [6.07, 6.45) is 2.98. The Labute approximate surface area is 88.7 Å². The van der Waals surface area contributed by atoms with Crippen LogP contribution in [-0.2, 0) is 13.7 Å². The van der Waals surface area contributed by atoms with Crippen LogP contribution in [-0.4, -0.2) is 34.8 Å². The first kappa shape index (κ1) is 12.7. The van der Waals surface area contributed by atoms with E-state index >= 15 is 0 Å². The predicted molar refractivity (Wildman–Crippen MR) is 54.1 cm³/mol. The Hall–Kier alpha value is -0.390. The first-order valence-electron chi connectivity index (χ1n) is 4.78. The van der Waals surface area contributed by atoms with Crippen molar-refractivity contribution in [3.63, 3.8) is 0 Å². The van der Waals surface area contributed by atoms with Crippen molar-refractivity contribution in [2.24, 2.45) is 0 Å². The Kier molecular flexibility index (Phi) is 4.76. The summed E-state index contributed by atoms with van der Waals surface area (Å²) in [5.74, 6) is -0.313. The van der Waals surface area contributed by atoms with Gasteiger partial charge in [0.2, 0.25) is 0 Å². The fourth-order valence-corrected chi connectivity index (χ4v) is 2.09. The lowest BCUT2D eigenvalue weighted by Gasteiger charge is -2.26. The van der Waals surface area contributed by atoms with Gasteiger partial charge in [-0.05, 0) is 12.8 Å². The lowest BCUT2D eigenvalue weighted by atomic mass is 10.2. The van der Waals surface area contributed by atoms with E-state index < -0.39 is 14.4 Å². The van der Waals surface area contributed by atoms with E-state index in [0.717, 1.165) is 19.3 Å². The van der Waals surface area contributed by atoms with Crippen molar-refractivity contribution in [3.05, 3.63) is 12.3 Å². The van der Waals surface area contributed by atoms with Crippen molar-refractivity contribution >= 4 is 7.82 Å². The second-order valence-electron chi connectivity index (χ2n) is 3.38. The summed E-state index contributed by atoms with van der Waals surface area (Å²) >= 11 is 0. The van der Waals surface area contributed by atoms with Crippen LogP contribution in [0, 0.1) is 0 Å². The molecule has 1 rings (SSSR count). The molecule has 1 atom stereocenters. The molecule has 1 unspecified atom stereocenters. The molecule has 1 aliphatic heterocycles. The van der Waals surface area contributed by atoms with E-state index in [1.54, 1.807) is 0 Å². The highest BCUT2D eigenvalue weighted by Gasteiger charge is 2.26. The molecule has 0 radical (unpaired) electrons.